The quantitative estimate of drug-likeness (QED) is 0.863. The number of hydrogen-bond acceptors (Lipinski definition) is 4. The van der Waals surface area contributed by atoms with E-state index >= 15 is 0 Å². The van der Waals surface area contributed by atoms with E-state index in [0.717, 1.165) is 38.9 Å². The molecule has 0 spiro atoms. The predicted octanol–water partition coefficient (Wildman–Crippen LogP) is 1.79. The Balaban J connectivity index is 2.17. The van der Waals surface area contributed by atoms with Crippen molar-refractivity contribution < 1.29 is 4.74 Å². The number of ether oxygens (including phenoxy) is 1. The molecule has 0 radical (unpaired) electrons. The predicted molar refractivity (Wildman–Crippen MR) is 80.5 cm³/mol. The van der Waals surface area contributed by atoms with E-state index < -0.39 is 0 Å². The zero-order valence-corrected chi connectivity index (χ0v) is 13.0. The molecule has 1 aromatic rings. The molecule has 20 heavy (non-hydrogen) atoms. The van der Waals surface area contributed by atoms with Crippen molar-refractivity contribution in [3.63, 3.8) is 0 Å². The minimum absolute atomic E-state index is 0.0543. The Morgan fingerprint density at radius 3 is 3.00 bits per heavy atom. The summed E-state index contributed by atoms with van der Waals surface area (Å²) in [4.78, 5) is 6.76. The number of piperidine rings is 1. The van der Waals surface area contributed by atoms with Crippen LogP contribution in [0.5, 0.6) is 0 Å². The molecule has 0 aliphatic carbocycles. The summed E-state index contributed by atoms with van der Waals surface area (Å²) in [7, 11) is 1.81. The SMILES string of the molecule is CCCn1cncc1C(CN)N1CCCC(C)(OC)C1. The second-order valence-corrected chi connectivity index (χ2v) is 5.99. The number of likely N-dealkylation sites (tertiary alicyclic amines) is 1. The van der Waals surface area contributed by atoms with Gasteiger partial charge < -0.3 is 15.0 Å². The molecule has 1 aliphatic rings. The summed E-state index contributed by atoms with van der Waals surface area (Å²) in [6.07, 6.45) is 7.26. The van der Waals surface area contributed by atoms with E-state index in [4.69, 9.17) is 10.5 Å². The van der Waals surface area contributed by atoms with Gasteiger partial charge in [-0.3, -0.25) is 4.90 Å². The summed E-state index contributed by atoms with van der Waals surface area (Å²) in [6.45, 7) is 8.01. The number of aromatic nitrogens is 2. The molecule has 1 fully saturated rings. The molecule has 0 aromatic carbocycles. The van der Waals surface area contributed by atoms with Crippen LogP contribution in [0.2, 0.25) is 0 Å². The van der Waals surface area contributed by atoms with Crippen LogP contribution in [0, 0.1) is 0 Å². The van der Waals surface area contributed by atoms with Gasteiger partial charge in [0.05, 0.1) is 23.7 Å². The maximum Gasteiger partial charge on any atom is 0.0948 e. The van der Waals surface area contributed by atoms with Crippen molar-refractivity contribution in [3.8, 4) is 0 Å². The lowest BCUT2D eigenvalue weighted by molar-refractivity contribution is -0.0615. The van der Waals surface area contributed by atoms with Gasteiger partial charge in [-0.15, -0.1) is 0 Å². The number of aryl methyl sites for hydroxylation is 1. The first-order chi connectivity index (χ1) is 9.63. The topological polar surface area (TPSA) is 56.3 Å². The van der Waals surface area contributed by atoms with Crippen LogP contribution in [-0.2, 0) is 11.3 Å². The molecule has 1 saturated heterocycles. The molecule has 2 heterocycles. The van der Waals surface area contributed by atoms with Crippen molar-refractivity contribution >= 4 is 0 Å². The number of rotatable bonds is 6. The molecule has 0 bridgehead atoms. The molecule has 0 saturated carbocycles. The lowest BCUT2D eigenvalue weighted by Gasteiger charge is -2.43. The number of nitrogens with zero attached hydrogens (tertiary/aromatic N) is 3. The smallest absolute Gasteiger partial charge is 0.0948 e. The highest BCUT2D eigenvalue weighted by atomic mass is 16.5. The Hall–Kier alpha value is -0.910. The van der Waals surface area contributed by atoms with Crippen LogP contribution >= 0.6 is 0 Å². The maximum absolute atomic E-state index is 6.07. The molecule has 2 rings (SSSR count). The van der Waals surface area contributed by atoms with Crippen LogP contribution < -0.4 is 5.73 Å². The van der Waals surface area contributed by atoms with Crippen molar-refractivity contribution in [3.05, 3.63) is 18.2 Å². The lowest BCUT2D eigenvalue weighted by Crippen LogP contribution is -2.50. The molecular formula is C15H28N4O. The minimum Gasteiger partial charge on any atom is -0.377 e. The Morgan fingerprint density at radius 1 is 1.55 bits per heavy atom. The molecule has 2 N–H and O–H groups in total. The zero-order valence-electron chi connectivity index (χ0n) is 13.0. The van der Waals surface area contributed by atoms with Crippen LogP contribution in [0.1, 0.15) is 44.8 Å². The largest absolute Gasteiger partial charge is 0.377 e. The number of imidazole rings is 1. The van der Waals surface area contributed by atoms with Crippen LogP contribution in [0.3, 0.4) is 0 Å². The third kappa shape index (κ3) is 3.22. The van der Waals surface area contributed by atoms with E-state index in [1.807, 2.05) is 19.6 Å². The molecule has 114 valence electrons. The van der Waals surface area contributed by atoms with Gasteiger partial charge in [0.2, 0.25) is 0 Å². The fourth-order valence-corrected chi connectivity index (χ4v) is 3.17. The Morgan fingerprint density at radius 2 is 2.35 bits per heavy atom. The average Bonchev–Trinajstić information content (AvgIpc) is 2.89. The van der Waals surface area contributed by atoms with E-state index in [0.29, 0.717) is 6.54 Å². The van der Waals surface area contributed by atoms with Gasteiger partial charge in [0.25, 0.3) is 0 Å². The van der Waals surface area contributed by atoms with Gasteiger partial charge >= 0.3 is 0 Å². The summed E-state index contributed by atoms with van der Waals surface area (Å²) in [6, 6.07) is 0.235. The van der Waals surface area contributed by atoms with Crippen LogP contribution in [0.25, 0.3) is 0 Å². The highest BCUT2D eigenvalue weighted by Crippen LogP contribution is 2.30. The van der Waals surface area contributed by atoms with Gasteiger partial charge in [-0.05, 0) is 32.7 Å². The van der Waals surface area contributed by atoms with Crippen LogP contribution in [0.15, 0.2) is 12.5 Å². The highest BCUT2D eigenvalue weighted by molar-refractivity contribution is 5.08. The van der Waals surface area contributed by atoms with Crippen molar-refractivity contribution in [2.45, 2.75) is 51.3 Å². The molecular weight excluding hydrogens is 252 g/mol. The van der Waals surface area contributed by atoms with E-state index in [2.05, 4.69) is 28.3 Å². The lowest BCUT2D eigenvalue weighted by atomic mass is 9.93. The Kier molecular flexibility index (Phi) is 5.18. The van der Waals surface area contributed by atoms with E-state index in [-0.39, 0.29) is 11.6 Å². The van der Waals surface area contributed by atoms with E-state index in [1.165, 1.54) is 5.69 Å². The molecule has 5 heteroatoms. The van der Waals surface area contributed by atoms with Crippen molar-refractivity contribution in [2.75, 3.05) is 26.7 Å². The summed E-state index contributed by atoms with van der Waals surface area (Å²) in [5.74, 6) is 0. The summed E-state index contributed by atoms with van der Waals surface area (Å²) in [5, 5.41) is 0. The fourth-order valence-electron chi connectivity index (χ4n) is 3.17. The normalized spacial score (nSPS) is 25.8. The summed E-state index contributed by atoms with van der Waals surface area (Å²) in [5.41, 5.74) is 7.24. The average molecular weight is 280 g/mol. The minimum atomic E-state index is -0.0543. The third-order valence-corrected chi connectivity index (χ3v) is 4.40. The fraction of sp³-hybridized carbons (Fsp3) is 0.800. The number of hydrogen-bond donors (Lipinski definition) is 1. The molecule has 1 aliphatic heterocycles. The third-order valence-electron chi connectivity index (χ3n) is 4.40. The van der Waals surface area contributed by atoms with Crippen LogP contribution in [-0.4, -0.2) is 46.8 Å². The monoisotopic (exact) mass is 280 g/mol. The van der Waals surface area contributed by atoms with E-state index in [9.17, 15) is 0 Å². The second kappa shape index (κ2) is 6.70. The summed E-state index contributed by atoms with van der Waals surface area (Å²) >= 11 is 0. The molecule has 2 unspecified atom stereocenters. The molecule has 0 amide bonds. The van der Waals surface area contributed by atoms with Gasteiger partial charge in [-0.2, -0.15) is 0 Å². The first-order valence-electron chi connectivity index (χ1n) is 7.63. The van der Waals surface area contributed by atoms with E-state index in [1.54, 1.807) is 0 Å². The van der Waals surface area contributed by atoms with Gasteiger partial charge in [0, 0.05) is 32.9 Å². The number of methoxy groups -OCH3 is 1. The Labute approximate surface area is 122 Å². The van der Waals surface area contributed by atoms with Gasteiger partial charge in [-0.25, -0.2) is 4.98 Å². The standard InChI is InChI=1S/C15H28N4O/c1-4-7-19-12-17-10-14(19)13(9-16)18-8-5-6-15(2,11-18)20-3/h10,12-13H,4-9,11,16H2,1-3H3. The molecule has 5 nitrogen and oxygen atoms in total. The first-order valence-corrected chi connectivity index (χ1v) is 7.63. The van der Waals surface area contributed by atoms with Crippen molar-refractivity contribution in [1.29, 1.82) is 0 Å². The zero-order chi connectivity index (χ0) is 14.6. The highest BCUT2D eigenvalue weighted by Gasteiger charge is 2.34. The number of nitrogens with two attached hydrogens (primary N) is 1. The van der Waals surface area contributed by atoms with Gasteiger partial charge in [-0.1, -0.05) is 6.92 Å². The van der Waals surface area contributed by atoms with Crippen LogP contribution in [0.4, 0.5) is 0 Å². The second-order valence-electron chi connectivity index (χ2n) is 5.99. The molecule has 1 aromatic heterocycles. The van der Waals surface area contributed by atoms with Crippen molar-refractivity contribution in [1.82, 2.24) is 14.5 Å². The van der Waals surface area contributed by atoms with Gasteiger partial charge in [0.15, 0.2) is 0 Å². The summed E-state index contributed by atoms with van der Waals surface area (Å²) < 4.78 is 7.93. The van der Waals surface area contributed by atoms with Crippen molar-refractivity contribution in [2.24, 2.45) is 5.73 Å². The van der Waals surface area contributed by atoms with Gasteiger partial charge in [0.1, 0.15) is 0 Å². The Bertz CT molecular complexity index is 420. The maximum atomic E-state index is 6.07. The first kappa shape index (κ1) is 15.5. The molecule has 2 atom stereocenters.